The maximum atomic E-state index is 12.9. The Morgan fingerprint density at radius 3 is 2.41 bits per heavy atom. The summed E-state index contributed by atoms with van der Waals surface area (Å²) in [5, 5.41) is 10.8. The number of fused-ring (bicyclic) bond motifs is 1. The van der Waals surface area contributed by atoms with Gasteiger partial charge in [-0.05, 0) is 44.2 Å². The van der Waals surface area contributed by atoms with Crippen LogP contribution in [0.1, 0.15) is 31.7 Å². The number of imidazole rings is 1. The predicted octanol–water partition coefficient (Wildman–Crippen LogP) is 2.17. The SMILES string of the molecule is CCCCn1c(=O)n(C)c(=O)c2c1ncn2CC(O)CN1CCN(CCCSc2ccc(C)cc2)CC1. The Morgan fingerprint density at radius 2 is 1.70 bits per heavy atom. The first-order chi connectivity index (χ1) is 17.9. The van der Waals surface area contributed by atoms with E-state index in [1.54, 1.807) is 15.5 Å². The molecule has 9 nitrogen and oxygen atoms in total. The van der Waals surface area contributed by atoms with Gasteiger partial charge in [0, 0.05) is 51.2 Å². The molecule has 0 radical (unpaired) electrons. The van der Waals surface area contributed by atoms with Gasteiger partial charge in [-0.1, -0.05) is 31.0 Å². The summed E-state index contributed by atoms with van der Waals surface area (Å²) in [5.74, 6) is 1.12. The number of aliphatic hydroxyl groups excluding tert-OH is 1. The van der Waals surface area contributed by atoms with Crippen LogP contribution < -0.4 is 11.2 Å². The summed E-state index contributed by atoms with van der Waals surface area (Å²) in [6, 6.07) is 8.72. The molecule has 0 amide bonds. The largest absolute Gasteiger partial charge is 0.390 e. The van der Waals surface area contributed by atoms with Crippen molar-refractivity contribution < 1.29 is 5.11 Å². The molecule has 0 spiro atoms. The van der Waals surface area contributed by atoms with E-state index in [4.69, 9.17) is 0 Å². The van der Waals surface area contributed by atoms with Gasteiger partial charge < -0.3 is 14.6 Å². The molecule has 1 saturated heterocycles. The fourth-order valence-corrected chi connectivity index (χ4v) is 5.69. The van der Waals surface area contributed by atoms with Gasteiger partial charge in [-0.25, -0.2) is 9.78 Å². The number of aryl methyl sites for hydroxylation is 2. The third-order valence-corrected chi connectivity index (χ3v) is 8.18. The van der Waals surface area contributed by atoms with Crippen molar-refractivity contribution in [3.8, 4) is 0 Å². The van der Waals surface area contributed by atoms with Gasteiger partial charge in [0.15, 0.2) is 11.2 Å². The molecule has 1 fully saturated rings. The minimum Gasteiger partial charge on any atom is -0.390 e. The Kier molecular flexibility index (Phi) is 9.64. The highest BCUT2D eigenvalue weighted by atomic mass is 32.2. The first-order valence-electron chi connectivity index (χ1n) is 13.3. The van der Waals surface area contributed by atoms with Crippen LogP contribution in [0.3, 0.4) is 0 Å². The van der Waals surface area contributed by atoms with Gasteiger partial charge in [-0.15, -0.1) is 11.8 Å². The molecule has 0 saturated carbocycles. The van der Waals surface area contributed by atoms with Crippen LogP contribution in [0.15, 0.2) is 45.1 Å². The molecule has 2 aromatic heterocycles. The third-order valence-electron chi connectivity index (χ3n) is 7.08. The summed E-state index contributed by atoms with van der Waals surface area (Å²) in [7, 11) is 1.50. The van der Waals surface area contributed by atoms with Crippen molar-refractivity contribution in [1.82, 2.24) is 28.5 Å². The van der Waals surface area contributed by atoms with Crippen LogP contribution in [-0.4, -0.2) is 84.7 Å². The quantitative estimate of drug-likeness (QED) is 0.285. The standard InChI is InChI=1S/C27H40N6O3S/c1-4-5-12-33-25-24(26(35)29(3)27(33)36)32(20-28-25)19-22(34)18-31-15-13-30(14-16-31)11-6-17-37-23-9-7-21(2)8-10-23/h7-10,20,22,34H,4-6,11-19H2,1-3H3. The molecule has 1 aliphatic heterocycles. The number of aliphatic hydroxyl groups is 1. The van der Waals surface area contributed by atoms with Crippen LogP contribution in [0.2, 0.25) is 0 Å². The Bertz CT molecular complexity index is 1270. The number of β-amino-alcohol motifs (C(OH)–C–C–N with tert-alkyl or cyclic N) is 1. The molecule has 3 aromatic rings. The van der Waals surface area contributed by atoms with E-state index in [2.05, 4.69) is 52.9 Å². The summed E-state index contributed by atoms with van der Waals surface area (Å²) in [4.78, 5) is 36.0. The number of aromatic nitrogens is 4. The lowest BCUT2D eigenvalue weighted by molar-refractivity contribution is 0.0650. The Hall–Kier alpha value is -2.40. The zero-order valence-corrected chi connectivity index (χ0v) is 23.1. The maximum absolute atomic E-state index is 12.9. The van der Waals surface area contributed by atoms with Crippen LogP contribution in [0.4, 0.5) is 0 Å². The second-order valence-electron chi connectivity index (χ2n) is 10.0. The molecule has 10 heteroatoms. The number of thioether (sulfide) groups is 1. The van der Waals surface area contributed by atoms with Gasteiger partial charge in [-0.3, -0.25) is 18.8 Å². The molecular weight excluding hydrogens is 488 g/mol. The van der Waals surface area contributed by atoms with E-state index < -0.39 is 6.10 Å². The number of rotatable bonds is 12. The van der Waals surface area contributed by atoms with Gasteiger partial charge in [-0.2, -0.15) is 0 Å². The van der Waals surface area contributed by atoms with Crippen LogP contribution >= 0.6 is 11.8 Å². The van der Waals surface area contributed by atoms with Crippen molar-refractivity contribution in [2.45, 2.75) is 57.2 Å². The van der Waals surface area contributed by atoms with Crippen molar-refractivity contribution in [2.24, 2.45) is 7.05 Å². The van der Waals surface area contributed by atoms with E-state index in [9.17, 15) is 14.7 Å². The summed E-state index contributed by atoms with van der Waals surface area (Å²) in [6.45, 7) is 10.5. The number of nitrogens with zero attached hydrogens (tertiary/aromatic N) is 6. The van der Waals surface area contributed by atoms with Gasteiger partial charge in [0.25, 0.3) is 5.56 Å². The zero-order valence-electron chi connectivity index (χ0n) is 22.3. The minimum atomic E-state index is -0.629. The zero-order chi connectivity index (χ0) is 26.4. The van der Waals surface area contributed by atoms with Crippen LogP contribution in [0.25, 0.3) is 11.2 Å². The monoisotopic (exact) mass is 528 g/mol. The number of hydrogen-bond acceptors (Lipinski definition) is 7. The predicted molar refractivity (Wildman–Crippen MR) is 150 cm³/mol. The highest BCUT2D eigenvalue weighted by Gasteiger charge is 2.21. The Balaban J connectivity index is 1.25. The van der Waals surface area contributed by atoms with Crippen molar-refractivity contribution >= 4 is 22.9 Å². The van der Waals surface area contributed by atoms with E-state index in [1.165, 1.54) is 17.5 Å². The van der Waals surface area contributed by atoms with Crippen LogP contribution in [-0.2, 0) is 20.1 Å². The summed E-state index contributed by atoms with van der Waals surface area (Å²) in [5.41, 5.74) is 1.37. The van der Waals surface area contributed by atoms with E-state index in [0.29, 0.717) is 24.3 Å². The van der Waals surface area contributed by atoms with Crippen molar-refractivity contribution in [3.05, 3.63) is 57.0 Å². The average Bonchev–Trinajstić information content (AvgIpc) is 3.30. The number of hydrogen-bond donors (Lipinski definition) is 1. The molecule has 1 unspecified atom stereocenters. The fraction of sp³-hybridized carbons (Fsp3) is 0.593. The lowest BCUT2D eigenvalue weighted by atomic mass is 10.2. The fourth-order valence-electron chi connectivity index (χ4n) is 4.85. The van der Waals surface area contributed by atoms with Crippen LogP contribution in [0.5, 0.6) is 0 Å². The van der Waals surface area contributed by atoms with Crippen molar-refractivity contribution in [1.29, 1.82) is 0 Å². The molecule has 0 bridgehead atoms. The second-order valence-corrected chi connectivity index (χ2v) is 11.2. The van der Waals surface area contributed by atoms with E-state index in [-0.39, 0.29) is 17.8 Å². The smallest absolute Gasteiger partial charge is 0.332 e. The Labute approximate surface area is 222 Å². The lowest BCUT2D eigenvalue weighted by Crippen LogP contribution is -2.49. The minimum absolute atomic E-state index is 0.272. The average molecular weight is 529 g/mol. The molecule has 1 atom stereocenters. The number of unbranched alkanes of at least 4 members (excludes halogenated alkanes) is 1. The molecule has 1 aromatic carbocycles. The molecule has 202 valence electrons. The van der Waals surface area contributed by atoms with Crippen molar-refractivity contribution in [3.63, 3.8) is 0 Å². The van der Waals surface area contributed by atoms with Crippen LogP contribution in [0, 0.1) is 6.92 Å². The van der Waals surface area contributed by atoms with Crippen molar-refractivity contribution in [2.75, 3.05) is 45.0 Å². The van der Waals surface area contributed by atoms with E-state index in [0.717, 1.165) is 62.3 Å². The Morgan fingerprint density at radius 1 is 1.00 bits per heavy atom. The maximum Gasteiger partial charge on any atom is 0.332 e. The summed E-state index contributed by atoms with van der Waals surface area (Å²) < 4.78 is 4.41. The van der Waals surface area contributed by atoms with Gasteiger partial charge in [0.2, 0.25) is 0 Å². The molecule has 1 N–H and O–H groups in total. The summed E-state index contributed by atoms with van der Waals surface area (Å²) in [6.07, 6.45) is 3.88. The van der Waals surface area contributed by atoms with E-state index in [1.807, 2.05) is 11.8 Å². The molecule has 4 rings (SSSR count). The van der Waals surface area contributed by atoms with Gasteiger partial charge in [0.1, 0.15) is 0 Å². The molecular formula is C27H40N6O3S. The second kappa shape index (κ2) is 12.9. The first-order valence-corrected chi connectivity index (χ1v) is 14.3. The first kappa shape index (κ1) is 27.6. The molecule has 1 aliphatic rings. The highest BCUT2D eigenvalue weighted by molar-refractivity contribution is 7.99. The topological polar surface area (TPSA) is 88.5 Å². The number of benzene rings is 1. The normalized spacial score (nSPS) is 16.0. The lowest BCUT2D eigenvalue weighted by Gasteiger charge is -2.35. The molecule has 3 heterocycles. The van der Waals surface area contributed by atoms with Gasteiger partial charge in [0.05, 0.1) is 19.0 Å². The van der Waals surface area contributed by atoms with E-state index >= 15 is 0 Å². The van der Waals surface area contributed by atoms with Gasteiger partial charge >= 0.3 is 5.69 Å². The third kappa shape index (κ3) is 6.93. The summed E-state index contributed by atoms with van der Waals surface area (Å²) >= 11 is 1.92. The highest BCUT2D eigenvalue weighted by Crippen LogP contribution is 2.19. The number of piperazine rings is 1. The molecule has 0 aliphatic carbocycles. The molecule has 37 heavy (non-hydrogen) atoms.